The van der Waals surface area contributed by atoms with Crippen molar-refractivity contribution in [1.29, 1.82) is 0 Å². The number of ether oxygens (including phenoxy) is 1. The Kier molecular flexibility index (Phi) is 4.65. The minimum Gasteiger partial charge on any atom is -0.381 e. The SMILES string of the molecule is Cc1nn(C2CCOCC2)c2cc(F)c(C(=O)NS(=O)(=O)N3CCC3)cc12. The fraction of sp³-hybridized carbons (Fsp3) is 0.529. The Morgan fingerprint density at radius 1 is 1.30 bits per heavy atom. The van der Waals surface area contributed by atoms with Crippen LogP contribution in [0, 0.1) is 12.7 Å². The van der Waals surface area contributed by atoms with Crippen molar-refractivity contribution < 1.29 is 22.3 Å². The van der Waals surface area contributed by atoms with E-state index in [9.17, 15) is 17.6 Å². The first-order valence-corrected chi connectivity index (χ1v) is 10.4. The molecule has 146 valence electrons. The number of carbonyl (C=O) groups is 1. The summed E-state index contributed by atoms with van der Waals surface area (Å²) in [7, 11) is -3.93. The van der Waals surface area contributed by atoms with Crippen LogP contribution in [0.2, 0.25) is 0 Å². The first-order valence-electron chi connectivity index (χ1n) is 8.95. The number of rotatable bonds is 4. The van der Waals surface area contributed by atoms with E-state index in [4.69, 9.17) is 4.74 Å². The highest BCUT2D eigenvalue weighted by Crippen LogP contribution is 2.29. The van der Waals surface area contributed by atoms with Crippen LogP contribution in [-0.4, -0.2) is 54.7 Å². The van der Waals surface area contributed by atoms with Gasteiger partial charge in [-0.15, -0.1) is 0 Å². The van der Waals surface area contributed by atoms with Crippen molar-refractivity contribution in [2.24, 2.45) is 0 Å². The molecule has 0 bridgehead atoms. The maximum Gasteiger partial charge on any atom is 0.304 e. The minimum absolute atomic E-state index is 0.112. The number of aryl methyl sites for hydroxylation is 1. The van der Waals surface area contributed by atoms with Gasteiger partial charge in [0.15, 0.2) is 0 Å². The molecule has 0 unspecified atom stereocenters. The highest BCUT2D eigenvalue weighted by Gasteiger charge is 2.30. The molecule has 0 saturated carbocycles. The van der Waals surface area contributed by atoms with Crippen LogP contribution in [0.4, 0.5) is 4.39 Å². The van der Waals surface area contributed by atoms with E-state index in [0.29, 0.717) is 42.9 Å². The van der Waals surface area contributed by atoms with Gasteiger partial charge in [0, 0.05) is 37.8 Å². The number of nitrogens with one attached hydrogen (secondary N) is 1. The van der Waals surface area contributed by atoms with Crippen molar-refractivity contribution >= 4 is 27.0 Å². The average Bonchev–Trinajstić information content (AvgIpc) is 2.88. The molecule has 4 rings (SSSR count). The monoisotopic (exact) mass is 396 g/mol. The fourth-order valence-corrected chi connectivity index (χ4v) is 4.67. The van der Waals surface area contributed by atoms with Gasteiger partial charge >= 0.3 is 10.2 Å². The second-order valence-electron chi connectivity index (χ2n) is 6.91. The van der Waals surface area contributed by atoms with Crippen molar-refractivity contribution in [3.63, 3.8) is 0 Å². The predicted octanol–water partition coefficient (Wildman–Crippen LogP) is 1.52. The molecule has 1 N–H and O–H groups in total. The lowest BCUT2D eigenvalue weighted by Gasteiger charge is -2.29. The summed E-state index contributed by atoms with van der Waals surface area (Å²) in [6, 6.07) is 2.75. The third kappa shape index (κ3) is 3.32. The van der Waals surface area contributed by atoms with Gasteiger partial charge in [-0.25, -0.2) is 9.11 Å². The van der Waals surface area contributed by atoms with Gasteiger partial charge in [0.2, 0.25) is 0 Å². The Morgan fingerprint density at radius 3 is 2.63 bits per heavy atom. The summed E-state index contributed by atoms with van der Waals surface area (Å²) in [6.07, 6.45) is 2.32. The molecule has 2 aromatic rings. The molecule has 10 heteroatoms. The zero-order valence-electron chi connectivity index (χ0n) is 14.9. The van der Waals surface area contributed by atoms with Crippen LogP contribution in [0.25, 0.3) is 10.9 Å². The van der Waals surface area contributed by atoms with Crippen molar-refractivity contribution in [2.45, 2.75) is 32.2 Å². The van der Waals surface area contributed by atoms with Gasteiger partial charge in [-0.05, 0) is 32.3 Å². The second-order valence-corrected chi connectivity index (χ2v) is 8.58. The first-order chi connectivity index (χ1) is 12.9. The Morgan fingerprint density at radius 2 is 2.00 bits per heavy atom. The maximum atomic E-state index is 14.7. The molecule has 0 atom stereocenters. The van der Waals surface area contributed by atoms with Gasteiger partial charge in [-0.3, -0.25) is 9.48 Å². The quantitative estimate of drug-likeness (QED) is 0.846. The average molecular weight is 396 g/mol. The van der Waals surface area contributed by atoms with E-state index >= 15 is 0 Å². The molecule has 1 aromatic carbocycles. The van der Waals surface area contributed by atoms with Gasteiger partial charge in [-0.1, -0.05) is 0 Å². The Hall–Kier alpha value is -2.04. The predicted molar refractivity (Wildman–Crippen MR) is 96.1 cm³/mol. The van der Waals surface area contributed by atoms with E-state index in [1.807, 2.05) is 4.72 Å². The van der Waals surface area contributed by atoms with Gasteiger partial charge < -0.3 is 4.74 Å². The molecule has 1 amide bonds. The Labute approximate surface area is 156 Å². The lowest BCUT2D eigenvalue weighted by atomic mass is 10.1. The molecule has 1 aromatic heterocycles. The summed E-state index contributed by atoms with van der Waals surface area (Å²) >= 11 is 0. The van der Waals surface area contributed by atoms with Crippen LogP contribution in [0.1, 0.15) is 41.4 Å². The smallest absolute Gasteiger partial charge is 0.304 e. The Bertz CT molecular complexity index is 994. The zero-order valence-corrected chi connectivity index (χ0v) is 15.8. The van der Waals surface area contributed by atoms with Crippen LogP contribution in [0.15, 0.2) is 12.1 Å². The molecule has 0 spiro atoms. The summed E-state index contributed by atoms with van der Waals surface area (Å²) in [5.74, 6) is -1.74. The zero-order chi connectivity index (χ0) is 19.2. The number of aromatic nitrogens is 2. The van der Waals surface area contributed by atoms with Crippen LogP contribution in [-0.2, 0) is 14.9 Å². The number of hydrogen-bond acceptors (Lipinski definition) is 5. The van der Waals surface area contributed by atoms with Gasteiger partial charge in [0.25, 0.3) is 5.91 Å². The largest absolute Gasteiger partial charge is 0.381 e. The number of hydrogen-bond donors (Lipinski definition) is 1. The topological polar surface area (TPSA) is 93.5 Å². The maximum absolute atomic E-state index is 14.7. The number of halogens is 1. The summed E-state index contributed by atoms with van der Waals surface area (Å²) in [5, 5.41) is 5.15. The van der Waals surface area contributed by atoms with E-state index in [0.717, 1.165) is 23.6 Å². The van der Waals surface area contributed by atoms with Crippen LogP contribution in [0.5, 0.6) is 0 Å². The van der Waals surface area contributed by atoms with E-state index in [2.05, 4.69) is 5.10 Å². The summed E-state index contributed by atoms with van der Waals surface area (Å²) in [4.78, 5) is 12.4. The van der Waals surface area contributed by atoms with Gasteiger partial charge in [-0.2, -0.15) is 17.8 Å². The van der Waals surface area contributed by atoms with Crippen molar-refractivity contribution in [2.75, 3.05) is 26.3 Å². The summed E-state index contributed by atoms with van der Waals surface area (Å²) in [6.45, 7) is 3.77. The third-order valence-electron chi connectivity index (χ3n) is 5.14. The van der Waals surface area contributed by atoms with Crippen LogP contribution >= 0.6 is 0 Å². The highest BCUT2D eigenvalue weighted by atomic mass is 32.2. The van der Waals surface area contributed by atoms with Crippen molar-refractivity contribution in [3.05, 3.63) is 29.2 Å². The number of fused-ring (bicyclic) bond motifs is 1. The van der Waals surface area contributed by atoms with E-state index < -0.39 is 21.9 Å². The molecule has 27 heavy (non-hydrogen) atoms. The number of nitrogens with zero attached hydrogens (tertiary/aromatic N) is 3. The van der Waals surface area contributed by atoms with Crippen molar-refractivity contribution in [1.82, 2.24) is 18.8 Å². The van der Waals surface area contributed by atoms with E-state index in [1.54, 1.807) is 11.6 Å². The first kappa shape index (κ1) is 18.3. The second kappa shape index (κ2) is 6.84. The molecule has 2 saturated heterocycles. The molecule has 3 heterocycles. The van der Waals surface area contributed by atoms with Crippen LogP contribution in [0.3, 0.4) is 0 Å². The minimum atomic E-state index is -3.93. The number of carbonyl (C=O) groups excluding carboxylic acids is 1. The molecular formula is C17H21FN4O4S. The third-order valence-corrected chi connectivity index (χ3v) is 6.63. The Balaban J connectivity index is 1.67. The van der Waals surface area contributed by atoms with E-state index in [-0.39, 0.29) is 11.6 Å². The summed E-state index contributed by atoms with van der Waals surface area (Å²) in [5.41, 5.74) is 0.955. The van der Waals surface area contributed by atoms with Crippen LogP contribution < -0.4 is 4.72 Å². The van der Waals surface area contributed by atoms with Gasteiger partial charge in [0.05, 0.1) is 22.8 Å². The molecule has 2 aliphatic heterocycles. The van der Waals surface area contributed by atoms with E-state index in [1.165, 1.54) is 12.1 Å². The standard InChI is InChI=1S/C17H21FN4O4S/c1-11-13-9-14(17(23)20-27(24,25)21-5-2-6-21)15(18)10-16(13)22(19-11)12-3-7-26-8-4-12/h9-10,12H,2-8H2,1H3,(H,20,23). The molecule has 2 aliphatic rings. The highest BCUT2D eigenvalue weighted by molar-refractivity contribution is 7.87. The van der Waals surface area contributed by atoms with Crippen molar-refractivity contribution in [3.8, 4) is 0 Å². The normalized spacial score (nSPS) is 19.2. The molecule has 2 fully saturated rings. The fourth-order valence-electron chi connectivity index (χ4n) is 3.46. The molecule has 0 radical (unpaired) electrons. The molecule has 0 aliphatic carbocycles. The lowest BCUT2D eigenvalue weighted by Crippen LogP contribution is -2.49. The summed E-state index contributed by atoms with van der Waals surface area (Å²) < 4.78 is 49.1. The lowest BCUT2D eigenvalue weighted by molar-refractivity contribution is 0.0674. The molecular weight excluding hydrogens is 375 g/mol. The number of amides is 1. The molecule has 8 nitrogen and oxygen atoms in total. The number of benzene rings is 1. The van der Waals surface area contributed by atoms with Gasteiger partial charge in [0.1, 0.15) is 5.82 Å².